The van der Waals surface area contributed by atoms with Gasteiger partial charge in [0, 0.05) is 12.4 Å². The molecular weight excluding hydrogens is 363 g/mol. The summed E-state index contributed by atoms with van der Waals surface area (Å²) in [5, 5.41) is 11.7. The van der Waals surface area contributed by atoms with E-state index in [1.54, 1.807) is 0 Å². The molecule has 1 heterocycles. The largest absolute Gasteiger partial charge is 0.406 e. The quantitative estimate of drug-likeness (QED) is 0.794. The molecule has 2 nitrogen and oxygen atoms in total. The highest BCUT2D eigenvalue weighted by molar-refractivity contribution is 8.00. The molecule has 2 aromatic rings. The number of aliphatic hydroxyl groups excluding tert-OH is 1. The van der Waals surface area contributed by atoms with Crippen LogP contribution in [0.2, 0.25) is 5.04 Å². The van der Waals surface area contributed by atoms with Crippen molar-refractivity contribution in [1.82, 2.24) is 0 Å². The lowest BCUT2D eigenvalue weighted by Crippen LogP contribution is -2.67. The minimum absolute atomic E-state index is 0.122. The number of rotatable bonds is 5. The van der Waals surface area contributed by atoms with Crippen LogP contribution < -0.4 is 10.4 Å². The van der Waals surface area contributed by atoms with Gasteiger partial charge in [0.25, 0.3) is 8.32 Å². The topological polar surface area (TPSA) is 29.5 Å². The van der Waals surface area contributed by atoms with Gasteiger partial charge in [0.05, 0.1) is 11.4 Å². The number of halogens is 1. The smallest absolute Gasteiger partial charge is 0.261 e. The van der Waals surface area contributed by atoms with Crippen LogP contribution in [0.15, 0.2) is 60.7 Å². The van der Waals surface area contributed by atoms with Gasteiger partial charge in [-0.25, -0.2) is 4.39 Å². The molecule has 26 heavy (non-hydrogen) atoms. The first-order valence-corrected chi connectivity index (χ1v) is 12.0. The second kappa shape index (κ2) is 7.85. The summed E-state index contributed by atoms with van der Waals surface area (Å²) in [6.07, 6.45) is -2.11. The molecule has 0 saturated carbocycles. The summed E-state index contributed by atoms with van der Waals surface area (Å²) >= 11 is 1.47. The van der Waals surface area contributed by atoms with E-state index in [2.05, 4.69) is 45.0 Å². The van der Waals surface area contributed by atoms with Crippen LogP contribution in [0.5, 0.6) is 0 Å². The van der Waals surface area contributed by atoms with E-state index in [1.165, 1.54) is 22.1 Å². The summed E-state index contributed by atoms with van der Waals surface area (Å²) in [4.78, 5) is 0. The summed E-state index contributed by atoms with van der Waals surface area (Å²) in [7, 11) is -2.63. The minimum atomic E-state index is -2.63. The summed E-state index contributed by atoms with van der Waals surface area (Å²) < 4.78 is 21.1. The van der Waals surface area contributed by atoms with Gasteiger partial charge in [0.15, 0.2) is 0 Å². The predicted octanol–water partition coefficient (Wildman–Crippen LogP) is 3.38. The van der Waals surface area contributed by atoms with Crippen LogP contribution in [0, 0.1) is 0 Å². The minimum Gasteiger partial charge on any atom is -0.406 e. The zero-order chi connectivity index (χ0) is 18.8. The van der Waals surface area contributed by atoms with Crippen molar-refractivity contribution in [3.8, 4) is 0 Å². The molecule has 1 fully saturated rings. The molecule has 0 unspecified atom stereocenters. The monoisotopic (exact) mass is 390 g/mol. The van der Waals surface area contributed by atoms with Crippen LogP contribution >= 0.6 is 11.8 Å². The van der Waals surface area contributed by atoms with Gasteiger partial charge in [0.1, 0.15) is 6.17 Å². The van der Waals surface area contributed by atoms with E-state index in [1.807, 2.05) is 36.4 Å². The average Bonchev–Trinajstić information content (AvgIpc) is 2.95. The highest BCUT2D eigenvalue weighted by Gasteiger charge is 2.51. The summed E-state index contributed by atoms with van der Waals surface area (Å²) in [6, 6.07) is 20.7. The summed E-state index contributed by atoms with van der Waals surface area (Å²) in [6.45, 7) is 6.95. The van der Waals surface area contributed by atoms with Crippen molar-refractivity contribution in [3.05, 3.63) is 60.7 Å². The molecule has 0 bridgehead atoms. The number of hydrogen-bond donors (Lipinski definition) is 1. The van der Waals surface area contributed by atoms with Gasteiger partial charge in [0.2, 0.25) is 0 Å². The fourth-order valence-electron chi connectivity index (χ4n) is 3.76. The number of alkyl halides is 1. The zero-order valence-corrected chi connectivity index (χ0v) is 17.4. The second-order valence-electron chi connectivity index (χ2n) is 7.86. The molecule has 0 spiro atoms. The van der Waals surface area contributed by atoms with Crippen molar-refractivity contribution in [3.63, 3.8) is 0 Å². The SMILES string of the molecule is CC(C)(C)[Si](OC[C@@H]1SC[C@H](O)[C@H]1F)(c1ccccc1)c1ccccc1. The van der Waals surface area contributed by atoms with Crippen molar-refractivity contribution in [2.45, 2.75) is 43.3 Å². The molecular formula is C21H27FO2SSi. The first kappa shape index (κ1) is 19.6. The van der Waals surface area contributed by atoms with Gasteiger partial charge in [-0.2, -0.15) is 11.8 Å². The molecule has 1 aliphatic rings. The Morgan fingerprint density at radius 3 is 1.92 bits per heavy atom. The third-order valence-electron chi connectivity index (χ3n) is 5.08. The van der Waals surface area contributed by atoms with Crippen LogP contribution in [-0.2, 0) is 4.43 Å². The normalized spacial score (nSPS) is 24.0. The van der Waals surface area contributed by atoms with Gasteiger partial charge < -0.3 is 9.53 Å². The van der Waals surface area contributed by atoms with E-state index in [0.29, 0.717) is 12.4 Å². The van der Waals surface area contributed by atoms with E-state index in [4.69, 9.17) is 4.43 Å². The molecule has 3 atom stereocenters. The molecule has 140 valence electrons. The van der Waals surface area contributed by atoms with E-state index in [0.717, 1.165) is 0 Å². The Kier molecular flexibility index (Phi) is 5.92. The Labute approximate surface area is 160 Å². The molecule has 0 amide bonds. The Morgan fingerprint density at radius 1 is 1.04 bits per heavy atom. The number of benzene rings is 2. The Morgan fingerprint density at radius 2 is 1.54 bits per heavy atom. The van der Waals surface area contributed by atoms with Crippen LogP contribution in [0.1, 0.15) is 20.8 Å². The molecule has 1 N–H and O–H groups in total. The van der Waals surface area contributed by atoms with E-state index >= 15 is 0 Å². The van der Waals surface area contributed by atoms with Crippen molar-refractivity contribution < 1.29 is 13.9 Å². The Balaban J connectivity index is 2.03. The standard InChI is InChI=1S/C21H27FO2SSi/c1-21(2,3)26(16-10-6-4-7-11-16,17-12-8-5-9-13-17)24-14-19-20(22)18(23)15-25-19/h4-13,18-20,23H,14-15H2,1-3H3/t18-,19-,20+/m0/s1. The van der Waals surface area contributed by atoms with E-state index < -0.39 is 20.6 Å². The first-order chi connectivity index (χ1) is 12.4. The average molecular weight is 391 g/mol. The fraction of sp³-hybridized carbons (Fsp3) is 0.429. The maximum absolute atomic E-state index is 14.3. The van der Waals surface area contributed by atoms with Gasteiger partial charge in [-0.15, -0.1) is 0 Å². The van der Waals surface area contributed by atoms with Crippen molar-refractivity contribution in [2.24, 2.45) is 0 Å². The molecule has 1 aliphatic heterocycles. The van der Waals surface area contributed by atoms with Crippen molar-refractivity contribution >= 4 is 30.5 Å². The first-order valence-electron chi connectivity index (χ1n) is 9.05. The van der Waals surface area contributed by atoms with E-state index in [-0.39, 0.29) is 10.3 Å². The fourth-order valence-corrected chi connectivity index (χ4v) is 9.63. The number of aliphatic hydroxyl groups is 1. The maximum Gasteiger partial charge on any atom is 0.261 e. The van der Waals surface area contributed by atoms with Crippen LogP contribution in [0.4, 0.5) is 4.39 Å². The second-order valence-corrected chi connectivity index (χ2v) is 13.4. The van der Waals surface area contributed by atoms with Crippen LogP contribution in [0.3, 0.4) is 0 Å². The predicted molar refractivity (Wildman–Crippen MR) is 111 cm³/mol. The van der Waals surface area contributed by atoms with Crippen LogP contribution in [-0.4, -0.2) is 43.3 Å². The molecule has 5 heteroatoms. The zero-order valence-electron chi connectivity index (χ0n) is 15.6. The molecule has 2 aromatic carbocycles. The Bertz CT molecular complexity index is 665. The summed E-state index contributed by atoms with van der Waals surface area (Å²) in [5.41, 5.74) is 0. The lowest BCUT2D eigenvalue weighted by Gasteiger charge is -2.43. The highest BCUT2D eigenvalue weighted by atomic mass is 32.2. The van der Waals surface area contributed by atoms with Gasteiger partial charge in [-0.3, -0.25) is 0 Å². The lowest BCUT2D eigenvalue weighted by molar-refractivity contribution is 0.0944. The van der Waals surface area contributed by atoms with E-state index in [9.17, 15) is 9.50 Å². The molecule has 1 saturated heterocycles. The molecule has 0 aromatic heterocycles. The van der Waals surface area contributed by atoms with Gasteiger partial charge in [-0.1, -0.05) is 81.4 Å². The van der Waals surface area contributed by atoms with Gasteiger partial charge in [-0.05, 0) is 15.4 Å². The highest BCUT2D eigenvalue weighted by Crippen LogP contribution is 2.38. The molecule has 0 aliphatic carbocycles. The maximum atomic E-state index is 14.3. The number of thioether (sulfide) groups is 1. The van der Waals surface area contributed by atoms with Crippen molar-refractivity contribution in [1.29, 1.82) is 0 Å². The molecule has 0 radical (unpaired) electrons. The third-order valence-corrected chi connectivity index (χ3v) is 11.4. The lowest BCUT2D eigenvalue weighted by atomic mass is 10.2. The molecule has 3 rings (SSSR count). The van der Waals surface area contributed by atoms with Crippen molar-refractivity contribution in [2.75, 3.05) is 12.4 Å². The summed E-state index contributed by atoms with van der Waals surface area (Å²) in [5.74, 6) is 0.440. The van der Waals surface area contributed by atoms with Crippen LogP contribution in [0.25, 0.3) is 0 Å². The third kappa shape index (κ3) is 3.63. The number of hydrogen-bond acceptors (Lipinski definition) is 3. The Hall–Kier alpha value is -1.14. The van der Waals surface area contributed by atoms with Gasteiger partial charge >= 0.3 is 0 Å².